The Kier molecular flexibility index (Phi) is 2.30. The molecule has 1 atom stereocenters. The third-order valence-corrected chi connectivity index (χ3v) is 3.07. The van der Waals surface area contributed by atoms with Crippen molar-refractivity contribution in [2.24, 2.45) is 5.92 Å². The van der Waals surface area contributed by atoms with Crippen LogP contribution in [0.3, 0.4) is 0 Å². The first-order valence-electron chi connectivity index (χ1n) is 5.20. The van der Waals surface area contributed by atoms with Gasteiger partial charge in [0.25, 0.3) is 0 Å². The van der Waals surface area contributed by atoms with Crippen molar-refractivity contribution >= 4 is 0 Å². The van der Waals surface area contributed by atoms with Gasteiger partial charge < -0.3 is 0 Å². The van der Waals surface area contributed by atoms with Crippen LogP contribution in [0.4, 0.5) is 0 Å². The summed E-state index contributed by atoms with van der Waals surface area (Å²) >= 11 is 0. The molecule has 0 spiro atoms. The van der Waals surface area contributed by atoms with Crippen molar-refractivity contribution in [3.8, 4) is 0 Å². The molecule has 0 heteroatoms. The molecule has 0 amide bonds. The van der Waals surface area contributed by atoms with Crippen LogP contribution in [0.2, 0.25) is 0 Å². The Hall–Kier alpha value is -0.910. The summed E-state index contributed by atoms with van der Waals surface area (Å²) in [5, 5.41) is 0. The third-order valence-electron chi connectivity index (χ3n) is 3.07. The van der Waals surface area contributed by atoms with Gasteiger partial charge in [0.15, 0.2) is 0 Å². The minimum atomic E-state index is 0.807. The van der Waals surface area contributed by atoms with Crippen LogP contribution in [-0.2, 0) is 0 Å². The van der Waals surface area contributed by atoms with Gasteiger partial charge in [-0.15, -0.1) is 0 Å². The largest absolute Gasteiger partial charge is 0.0953 e. The Morgan fingerprint density at radius 3 is 2.92 bits per heavy atom. The van der Waals surface area contributed by atoms with Crippen molar-refractivity contribution in [3.05, 3.63) is 41.4 Å². The molecule has 2 rings (SSSR count). The second kappa shape index (κ2) is 3.45. The lowest BCUT2D eigenvalue weighted by atomic mass is 9.93. The van der Waals surface area contributed by atoms with Gasteiger partial charge in [0.2, 0.25) is 0 Å². The molecule has 0 aliphatic heterocycles. The smallest absolute Gasteiger partial charge is 0.0500 e. The quantitative estimate of drug-likeness (QED) is 0.488. The lowest BCUT2D eigenvalue weighted by Gasteiger charge is -2.06. The zero-order valence-electron chi connectivity index (χ0n) is 8.51. The zero-order valence-corrected chi connectivity index (χ0v) is 8.51. The second-order valence-electron chi connectivity index (χ2n) is 4.19. The highest BCUT2D eigenvalue weighted by atomic mass is 14.2. The average Bonchev–Trinajstić information content (AvgIpc) is 2.51. The first-order chi connectivity index (χ1) is 6.27. The molecule has 2 aliphatic rings. The predicted molar refractivity (Wildman–Crippen MR) is 57.2 cm³/mol. The first-order valence-corrected chi connectivity index (χ1v) is 5.20. The van der Waals surface area contributed by atoms with Crippen LogP contribution in [0, 0.1) is 12.3 Å². The standard InChI is InChI=1S/C13H17/c1-10-5-3-7-12(9-10)13-8-4-6-11(13)2/h3,5,7,9,11H,4,6,8H2,1-2H3/q+1/b13-12+. The van der Waals surface area contributed by atoms with Gasteiger partial charge in [0, 0.05) is 48.1 Å². The molecule has 1 saturated carbocycles. The van der Waals surface area contributed by atoms with Crippen molar-refractivity contribution in [1.82, 2.24) is 0 Å². The Labute approximate surface area is 81.0 Å². The maximum absolute atomic E-state index is 2.35. The van der Waals surface area contributed by atoms with Crippen LogP contribution >= 0.6 is 0 Å². The van der Waals surface area contributed by atoms with Crippen molar-refractivity contribution in [2.75, 3.05) is 0 Å². The van der Waals surface area contributed by atoms with E-state index in [1.807, 2.05) is 0 Å². The van der Waals surface area contributed by atoms with Crippen LogP contribution < -0.4 is 0 Å². The van der Waals surface area contributed by atoms with E-state index in [1.165, 1.54) is 30.4 Å². The number of hydrogen-bond donors (Lipinski definition) is 0. The van der Waals surface area contributed by atoms with Gasteiger partial charge in [-0.1, -0.05) is 0 Å². The molecule has 0 aromatic heterocycles. The fraction of sp³-hybridized carbons (Fsp3) is 0.462. The van der Waals surface area contributed by atoms with E-state index >= 15 is 0 Å². The Balaban J connectivity index is 2.28. The van der Waals surface area contributed by atoms with E-state index in [2.05, 4.69) is 38.5 Å². The fourth-order valence-corrected chi connectivity index (χ4v) is 2.29. The minimum Gasteiger partial charge on any atom is -0.0500 e. The van der Waals surface area contributed by atoms with Crippen LogP contribution in [0.1, 0.15) is 33.1 Å². The molecular formula is C13H17+. The SMILES string of the molecule is CC1=C/C(=C2\CCCC2C)[CH+]C=C1. The maximum atomic E-state index is 2.35. The molecule has 0 nitrogen and oxygen atoms in total. The summed E-state index contributed by atoms with van der Waals surface area (Å²) in [7, 11) is 0. The number of hydrogen-bond acceptors (Lipinski definition) is 0. The molecule has 2 aliphatic carbocycles. The van der Waals surface area contributed by atoms with E-state index in [9.17, 15) is 0 Å². The number of allylic oxidation sites excluding steroid dienone is 6. The molecule has 0 radical (unpaired) electrons. The molecule has 0 heterocycles. The average molecular weight is 173 g/mol. The monoisotopic (exact) mass is 173 g/mol. The summed E-state index contributed by atoms with van der Waals surface area (Å²) in [5.74, 6) is 0.807. The van der Waals surface area contributed by atoms with Crippen molar-refractivity contribution in [1.29, 1.82) is 0 Å². The van der Waals surface area contributed by atoms with E-state index in [4.69, 9.17) is 0 Å². The van der Waals surface area contributed by atoms with Crippen molar-refractivity contribution < 1.29 is 0 Å². The summed E-state index contributed by atoms with van der Waals surface area (Å²) in [6, 6.07) is 0. The first kappa shape index (κ1) is 8.68. The second-order valence-corrected chi connectivity index (χ2v) is 4.19. The summed E-state index contributed by atoms with van der Waals surface area (Å²) in [4.78, 5) is 0. The Morgan fingerprint density at radius 1 is 1.46 bits per heavy atom. The van der Waals surface area contributed by atoms with Crippen LogP contribution in [0.25, 0.3) is 0 Å². The maximum Gasteiger partial charge on any atom is 0.0953 e. The van der Waals surface area contributed by atoms with Gasteiger partial charge in [-0.3, -0.25) is 0 Å². The molecule has 0 aromatic carbocycles. The van der Waals surface area contributed by atoms with E-state index in [0.29, 0.717) is 0 Å². The summed E-state index contributed by atoms with van der Waals surface area (Å²) in [5.41, 5.74) is 4.53. The highest BCUT2D eigenvalue weighted by molar-refractivity contribution is 5.46. The van der Waals surface area contributed by atoms with E-state index in [0.717, 1.165) is 5.92 Å². The molecule has 68 valence electrons. The van der Waals surface area contributed by atoms with Crippen LogP contribution in [0.5, 0.6) is 0 Å². The lowest BCUT2D eigenvalue weighted by Crippen LogP contribution is -1.96. The van der Waals surface area contributed by atoms with Gasteiger partial charge >= 0.3 is 0 Å². The molecule has 1 unspecified atom stereocenters. The predicted octanol–water partition coefficient (Wildman–Crippen LogP) is 3.82. The highest BCUT2D eigenvalue weighted by Crippen LogP contribution is 2.35. The Bertz CT molecular complexity index is 289. The van der Waals surface area contributed by atoms with Crippen LogP contribution in [0.15, 0.2) is 34.9 Å². The highest BCUT2D eigenvalue weighted by Gasteiger charge is 2.24. The lowest BCUT2D eigenvalue weighted by molar-refractivity contribution is 0.693. The molecule has 1 fully saturated rings. The Morgan fingerprint density at radius 2 is 2.31 bits per heavy atom. The summed E-state index contributed by atoms with van der Waals surface area (Å²) < 4.78 is 0. The molecule has 0 aromatic rings. The van der Waals surface area contributed by atoms with Crippen molar-refractivity contribution in [3.63, 3.8) is 0 Å². The fourth-order valence-electron chi connectivity index (χ4n) is 2.29. The van der Waals surface area contributed by atoms with Gasteiger partial charge in [-0.05, 0) is 26.7 Å². The number of rotatable bonds is 0. The van der Waals surface area contributed by atoms with E-state index < -0.39 is 0 Å². The third kappa shape index (κ3) is 1.72. The molecular weight excluding hydrogens is 156 g/mol. The van der Waals surface area contributed by atoms with Crippen LogP contribution in [-0.4, -0.2) is 0 Å². The van der Waals surface area contributed by atoms with Crippen molar-refractivity contribution in [2.45, 2.75) is 33.1 Å². The molecule has 13 heavy (non-hydrogen) atoms. The molecule has 0 saturated heterocycles. The topological polar surface area (TPSA) is 0 Å². The normalized spacial score (nSPS) is 33.1. The van der Waals surface area contributed by atoms with Gasteiger partial charge in [-0.2, -0.15) is 0 Å². The minimum absolute atomic E-state index is 0.807. The zero-order chi connectivity index (χ0) is 9.26. The van der Waals surface area contributed by atoms with Gasteiger partial charge in [-0.25, -0.2) is 0 Å². The van der Waals surface area contributed by atoms with Gasteiger partial charge in [0.1, 0.15) is 0 Å². The van der Waals surface area contributed by atoms with E-state index in [-0.39, 0.29) is 0 Å². The molecule has 0 N–H and O–H groups in total. The summed E-state index contributed by atoms with van der Waals surface area (Å²) in [6.07, 6.45) is 13.0. The van der Waals surface area contributed by atoms with Gasteiger partial charge in [0.05, 0.1) is 5.57 Å². The summed E-state index contributed by atoms with van der Waals surface area (Å²) in [6.45, 7) is 4.52. The molecule has 0 bridgehead atoms. The van der Waals surface area contributed by atoms with E-state index in [1.54, 1.807) is 5.57 Å².